The van der Waals surface area contributed by atoms with E-state index in [1.807, 2.05) is 65.6 Å². The van der Waals surface area contributed by atoms with Gasteiger partial charge in [0.15, 0.2) is 11.5 Å². The van der Waals surface area contributed by atoms with Crippen LogP contribution in [0.3, 0.4) is 0 Å². The minimum Gasteiger partial charge on any atom is -0.493 e. The predicted octanol–water partition coefficient (Wildman–Crippen LogP) is 5.55. The normalized spacial score (nSPS) is 14.6. The van der Waals surface area contributed by atoms with Gasteiger partial charge in [-0.05, 0) is 36.6 Å². The molecular weight excluding hydrogens is 466 g/mol. The number of aryl methyl sites for hydroxylation is 1. The molecule has 1 aromatic heterocycles. The Kier molecular flexibility index (Phi) is 7.23. The Labute approximate surface area is 217 Å². The molecule has 7 nitrogen and oxygen atoms in total. The Morgan fingerprint density at radius 1 is 0.973 bits per heavy atom. The molecule has 0 saturated carbocycles. The van der Waals surface area contributed by atoms with Gasteiger partial charge < -0.3 is 19.1 Å². The number of H-pyrrole nitrogens is 1. The Hall–Kier alpha value is -4.10. The Morgan fingerprint density at radius 2 is 1.76 bits per heavy atom. The van der Waals surface area contributed by atoms with E-state index in [-0.39, 0.29) is 11.9 Å². The molecule has 0 aliphatic carbocycles. The highest BCUT2D eigenvalue weighted by Gasteiger charge is 2.42. The van der Waals surface area contributed by atoms with Gasteiger partial charge in [-0.3, -0.25) is 9.89 Å². The van der Waals surface area contributed by atoms with E-state index in [9.17, 15) is 4.79 Å². The number of ether oxygens (including phenoxy) is 3. The van der Waals surface area contributed by atoms with E-state index < -0.39 is 0 Å². The number of rotatable bonds is 10. The summed E-state index contributed by atoms with van der Waals surface area (Å²) in [6.45, 7) is 3.62. The number of hydrogen-bond acceptors (Lipinski definition) is 5. The molecule has 1 amide bonds. The third-order valence-electron chi connectivity index (χ3n) is 6.68. The van der Waals surface area contributed by atoms with Crippen molar-refractivity contribution in [2.24, 2.45) is 0 Å². The van der Waals surface area contributed by atoms with Crippen molar-refractivity contribution in [3.8, 4) is 22.8 Å². The third kappa shape index (κ3) is 4.95. The number of carbonyl (C=O) groups is 1. The highest BCUT2D eigenvalue weighted by atomic mass is 16.5. The van der Waals surface area contributed by atoms with E-state index in [1.54, 1.807) is 14.2 Å². The van der Waals surface area contributed by atoms with Crippen LogP contribution in [-0.2, 0) is 11.3 Å². The van der Waals surface area contributed by atoms with E-state index in [0.29, 0.717) is 37.0 Å². The van der Waals surface area contributed by atoms with Crippen LogP contribution in [0.5, 0.6) is 11.5 Å². The van der Waals surface area contributed by atoms with Gasteiger partial charge in [0.1, 0.15) is 12.3 Å². The summed E-state index contributed by atoms with van der Waals surface area (Å²) in [7, 11) is 3.30. The van der Waals surface area contributed by atoms with E-state index >= 15 is 0 Å². The molecular formula is C30H31N3O4. The first-order valence-corrected chi connectivity index (χ1v) is 12.4. The number of amides is 1. The van der Waals surface area contributed by atoms with Gasteiger partial charge in [-0.1, -0.05) is 66.2 Å². The summed E-state index contributed by atoms with van der Waals surface area (Å²) < 4.78 is 17.1. The van der Waals surface area contributed by atoms with Gasteiger partial charge in [-0.25, -0.2) is 0 Å². The number of aromatic nitrogens is 2. The van der Waals surface area contributed by atoms with Crippen LogP contribution in [0.15, 0.2) is 72.8 Å². The molecule has 1 N–H and O–H groups in total. The maximum atomic E-state index is 13.5. The van der Waals surface area contributed by atoms with Crippen molar-refractivity contribution in [3.05, 3.63) is 101 Å². The zero-order valence-electron chi connectivity index (χ0n) is 21.4. The topological polar surface area (TPSA) is 76.7 Å². The maximum Gasteiger partial charge on any atom is 0.273 e. The number of hydrogen-bond donors (Lipinski definition) is 1. The SMILES string of the molecule is COCCCN1C(=O)c2[nH]nc(-c3ccc(C)cc3)c2C1c1ccc(OCc2ccccc2)c(OC)c1. The third-order valence-corrected chi connectivity index (χ3v) is 6.68. The zero-order valence-corrected chi connectivity index (χ0v) is 21.4. The van der Waals surface area contributed by atoms with Crippen LogP contribution in [0.2, 0.25) is 0 Å². The number of methoxy groups -OCH3 is 2. The van der Waals surface area contributed by atoms with Crippen molar-refractivity contribution in [2.75, 3.05) is 27.4 Å². The molecule has 0 saturated heterocycles. The van der Waals surface area contributed by atoms with Crippen molar-refractivity contribution in [1.82, 2.24) is 15.1 Å². The van der Waals surface area contributed by atoms with Crippen molar-refractivity contribution < 1.29 is 19.0 Å². The number of carbonyl (C=O) groups excluding carboxylic acids is 1. The molecule has 2 heterocycles. The monoisotopic (exact) mass is 497 g/mol. The van der Waals surface area contributed by atoms with Gasteiger partial charge in [0.25, 0.3) is 5.91 Å². The first-order chi connectivity index (χ1) is 18.1. The molecule has 4 aromatic rings. The summed E-state index contributed by atoms with van der Waals surface area (Å²) in [5, 5.41) is 7.58. The van der Waals surface area contributed by atoms with Crippen LogP contribution in [0.25, 0.3) is 11.3 Å². The lowest BCUT2D eigenvalue weighted by Crippen LogP contribution is -2.31. The number of nitrogens with one attached hydrogen (secondary N) is 1. The second-order valence-corrected chi connectivity index (χ2v) is 9.16. The zero-order chi connectivity index (χ0) is 25.8. The standard InChI is InChI=1S/C30H31N3O4/c1-20-10-12-22(13-11-20)27-26-28(32-31-27)30(34)33(16-7-17-35-2)29(26)23-14-15-24(25(18-23)36-3)37-19-21-8-5-4-6-9-21/h4-6,8-15,18,29H,7,16-17,19H2,1-3H3,(H,31,32). The van der Waals surface area contributed by atoms with E-state index in [2.05, 4.69) is 29.3 Å². The lowest BCUT2D eigenvalue weighted by atomic mass is 9.95. The molecule has 1 aliphatic heterocycles. The van der Waals surface area contributed by atoms with Crippen molar-refractivity contribution in [3.63, 3.8) is 0 Å². The fourth-order valence-electron chi connectivity index (χ4n) is 4.79. The Bertz CT molecular complexity index is 1370. The highest BCUT2D eigenvalue weighted by Crippen LogP contribution is 2.44. The number of aromatic amines is 1. The van der Waals surface area contributed by atoms with Crippen LogP contribution < -0.4 is 9.47 Å². The molecule has 37 heavy (non-hydrogen) atoms. The van der Waals surface area contributed by atoms with E-state index in [1.165, 1.54) is 5.56 Å². The molecule has 1 unspecified atom stereocenters. The predicted molar refractivity (Wildman–Crippen MR) is 142 cm³/mol. The molecule has 190 valence electrons. The smallest absolute Gasteiger partial charge is 0.273 e. The molecule has 5 rings (SSSR count). The van der Waals surface area contributed by atoms with Crippen LogP contribution in [0, 0.1) is 6.92 Å². The molecule has 0 radical (unpaired) electrons. The highest BCUT2D eigenvalue weighted by molar-refractivity contribution is 6.00. The second-order valence-electron chi connectivity index (χ2n) is 9.16. The van der Waals surface area contributed by atoms with Gasteiger partial charge >= 0.3 is 0 Å². The molecule has 7 heteroatoms. The second kappa shape index (κ2) is 10.9. The summed E-state index contributed by atoms with van der Waals surface area (Å²) in [6, 6.07) is 23.8. The van der Waals surface area contributed by atoms with Crippen molar-refractivity contribution in [1.29, 1.82) is 0 Å². The summed E-state index contributed by atoms with van der Waals surface area (Å²) in [5.74, 6) is 1.20. The fraction of sp³-hybridized carbons (Fsp3) is 0.267. The van der Waals surface area contributed by atoms with Gasteiger partial charge in [0.05, 0.1) is 18.8 Å². The summed E-state index contributed by atoms with van der Waals surface area (Å²) in [5.41, 5.74) is 6.34. The average molecular weight is 498 g/mol. The average Bonchev–Trinajstić information content (AvgIpc) is 3.47. The van der Waals surface area contributed by atoms with Crippen LogP contribution in [0.1, 0.15) is 45.2 Å². The summed E-state index contributed by atoms with van der Waals surface area (Å²) >= 11 is 0. The van der Waals surface area contributed by atoms with Gasteiger partial charge in [-0.2, -0.15) is 5.10 Å². The Balaban J connectivity index is 1.52. The van der Waals surface area contributed by atoms with Crippen LogP contribution in [0.4, 0.5) is 0 Å². The molecule has 0 bridgehead atoms. The van der Waals surface area contributed by atoms with E-state index in [4.69, 9.17) is 14.2 Å². The lowest BCUT2D eigenvalue weighted by Gasteiger charge is -2.27. The first kappa shape index (κ1) is 24.6. The molecule has 0 fully saturated rings. The quantitative estimate of drug-likeness (QED) is 0.291. The minimum absolute atomic E-state index is 0.0645. The number of benzene rings is 3. The molecule has 3 aromatic carbocycles. The summed E-state index contributed by atoms with van der Waals surface area (Å²) in [4.78, 5) is 15.4. The van der Waals surface area contributed by atoms with Gasteiger partial charge in [-0.15, -0.1) is 0 Å². The molecule has 1 atom stereocenters. The summed E-state index contributed by atoms with van der Waals surface area (Å²) in [6.07, 6.45) is 0.728. The van der Waals surface area contributed by atoms with Crippen molar-refractivity contribution in [2.45, 2.75) is 26.0 Å². The largest absolute Gasteiger partial charge is 0.493 e. The van der Waals surface area contributed by atoms with Gasteiger partial charge in [0, 0.05) is 31.4 Å². The number of nitrogens with zero attached hydrogens (tertiary/aromatic N) is 2. The van der Waals surface area contributed by atoms with Crippen LogP contribution in [-0.4, -0.2) is 48.4 Å². The fourth-order valence-corrected chi connectivity index (χ4v) is 4.79. The van der Waals surface area contributed by atoms with Crippen LogP contribution >= 0.6 is 0 Å². The molecule has 0 spiro atoms. The first-order valence-electron chi connectivity index (χ1n) is 12.4. The van der Waals surface area contributed by atoms with Crippen molar-refractivity contribution >= 4 is 5.91 Å². The lowest BCUT2D eigenvalue weighted by molar-refractivity contribution is 0.0723. The minimum atomic E-state index is -0.313. The maximum absolute atomic E-state index is 13.5. The van der Waals surface area contributed by atoms with Gasteiger partial charge in [0.2, 0.25) is 0 Å². The van der Waals surface area contributed by atoms with E-state index in [0.717, 1.165) is 34.4 Å². The number of fused-ring (bicyclic) bond motifs is 1. The Morgan fingerprint density at radius 3 is 2.49 bits per heavy atom. The molecule has 1 aliphatic rings.